The van der Waals surface area contributed by atoms with Crippen molar-refractivity contribution in [3.8, 4) is 11.5 Å². The van der Waals surface area contributed by atoms with Gasteiger partial charge in [0.1, 0.15) is 12.4 Å². The van der Waals surface area contributed by atoms with Gasteiger partial charge in [-0.25, -0.2) is 4.39 Å². The number of aromatic nitrogens is 2. The molecule has 1 aliphatic rings. The van der Waals surface area contributed by atoms with Crippen molar-refractivity contribution in [2.75, 3.05) is 19.7 Å². The highest BCUT2D eigenvalue weighted by Gasteiger charge is 2.29. The number of H-pyrrole nitrogens is 1. The van der Waals surface area contributed by atoms with E-state index in [-0.39, 0.29) is 30.8 Å². The minimum absolute atomic E-state index is 0.0243. The molecule has 6 nitrogen and oxygen atoms in total. The third-order valence-electron chi connectivity index (χ3n) is 5.58. The highest BCUT2D eigenvalue weighted by atomic mass is 19.1. The Morgan fingerprint density at radius 2 is 1.94 bits per heavy atom. The van der Waals surface area contributed by atoms with Gasteiger partial charge in [-0.2, -0.15) is 5.10 Å². The third-order valence-corrected chi connectivity index (χ3v) is 5.58. The fraction of sp³-hybridized carbons (Fsp3) is 0.333. The molecular formula is C24H26FN3O3. The normalized spacial score (nSPS) is 15.8. The molecule has 1 N–H and O–H groups in total. The van der Waals surface area contributed by atoms with Crippen molar-refractivity contribution < 1.29 is 18.7 Å². The Kier molecular flexibility index (Phi) is 6.21. The molecule has 0 bridgehead atoms. The van der Waals surface area contributed by atoms with Gasteiger partial charge in [0, 0.05) is 19.0 Å². The molecule has 1 amide bonds. The van der Waals surface area contributed by atoms with Gasteiger partial charge in [0.15, 0.2) is 18.2 Å². The topological polar surface area (TPSA) is 67.4 Å². The molecule has 0 spiro atoms. The van der Waals surface area contributed by atoms with E-state index in [9.17, 15) is 9.18 Å². The molecule has 4 rings (SSSR count). The van der Waals surface area contributed by atoms with Gasteiger partial charge in [0.05, 0.1) is 11.4 Å². The summed E-state index contributed by atoms with van der Waals surface area (Å²) in [6.45, 7) is 5.46. The number of aryl methyl sites for hydroxylation is 2. The summed E-state index contributed by atoms with van der Waals surface area (Å²) in [5.74, 6) is 0.722. The van der Waals surface area contributed by atoms with Crippen LogP contribution in [0.5, 0.6) is 11.5 Å². The summed E-state index contributed by atoms with van der Waals surface area (Å²) in [7, 11) is 0. The van der Waals surface area contributed by atoms with E-state index >= 15 is 0 Å². The number of ether oxygens (including phenoxy) is 2. The number of carbonyl (C=O) groups excluding carboxylic acids is 1. The monoisotopic (exact) mass is 423 g/mol. The first-order valence-electron chi connectivity index (χ1n) is 10.4. The molecule has 7 heteroatoms. The molecule has 162 valence electrons. The predicted octanol–water partition coefficient (Wildman–Crippen LogP) is 4.14. The van der Waals surface area contributed by atoms with Gasteiger partial charge < -0.3 is 14.4 Å². The van der Waals surface area contributed by atoms with Crippen LogP contribution < -0.4 is 9.47 Å². The van der Waals surface area contributed by atoms with Crippen LogP contribution in [0.25, 0.3) is 0 Å². The second-order valence-electron chi connectivity index (χ2n) is 7.87. The number of hydrogen-bond acceptors (Lipinski definition) is 4. The van der Waals surface area contributed by atoms with Gasteiger partial charge in [0.25, 0.3) is 5.91 Å². The second kappa shape index (κ2) is 9.20. The molecule has 3 aromatic rings. The Hall–Kier alpha value is -3.35. The maximum Gasteiger partial charge on any atom is 0.260 e. The van der Waals surface area contributed by atoms with Crippen LogP contribution in [0.3, 0.4) is 0 Å². The average Bonchev–Trinajstić information content (AvgIpc) is 3.42. The largest absolute Gasteiger partial charge is 0.484 e. The Balaban J connectivity index is 1.29. The number of halogens is 1. The number of para-hydroxylation sites is 2. The number of rotatable bonds is 7. The lowest BCUT2D eigenvalue weighted by Crippen LogP contribution is -2.33. The molecule has 0 unspecified atom stereocenters. The fourth-order valence-corrected chi connectivity index (χ4v) is 3.86. The lowest BCUT2D eigenvalue weighted by atomic mass is 10.1. The highest BCUT2D eigenvalue weighted by Crippen LogP contribution is 2.27. The number of carbonyl (C=O) groups is 1. The molecular weight excluding hydrogens is 397 g/mol. The maximum absolute atomic E-state index is 13.7. The van der Waals surface area contributed by atoms with Crippen LogP contribution in [0.1, 0.15) is 34.9 Å². The Morgan fingerprint density at radius 3 is 2.71 bits per heavy atom. The third kappa shape index (κ3) is 4.87. The van der Waals surface area contributed by atoms with Crippen LogP contribution in [-0.4, -0.2) is 40.7 Å². The van der Waals surface area contributed by atoms with Gasteiger partial charge in [-0.05, 0) is 49.6 Å². The molecule has 0 aliphatic carbocycles. The van der Waals surface area contributed by atoms with Gasteiger partial charge in [-0.3, -0.25) is 9.89 Å². The molecule has 1 aliphatic heterocycles. The van der Waals surface area contributed by atoms with Crippen LogP contribution in [-0.2, 0) is 11.4 Å². The number of nitrogens with zero attached hydrogens (tertiary/aromatic N) is 2. The number of hydrogen-bond donors (Lipinski definition) is 1. The van der Waals surface area contributed by atoms with E-state index in [1.54, 1.807) is 18.2 Å². The number of amides is 1. The molecule has 0 radical (unpaired) electrons. The molecule has 31 heavy (non-hydrogen) atoms. The van der Waals surface area contributed by atoms with E-state index in [4.69, 9.17) is 9.47 Å². The number of aromatic amines is 1. The van der Waals surface area contributed by atoms with Gasteiger partial charge >= 0.3 is 0 Å². The van der Waals surface area contributed by atoms with E-state index in [0.29, 0.717) is 13.1 Å². The number of nitrogens with one attached hydrogen (secondary N) is 1. The van der Waals surface area contributed by atoms with E-state index in [1.165, 1.54) is 6.07 Å². The quantitative estimate of drug-likeness (QED) is 0.620. The van der Waals surface area contributed by atoms with E-state index in [0.717, 1.165) is 34.7 Å². The first-order valence-corrected chi connectivity index (χ1v) is 10.4. The summed E-state index contributed by atoms with van der Waals surface area (Å²) in [4.78, 5) is 14.5. The summed E-state index contributed by atoms with van der Waals surface area (Å²) in [6, 6.07) is 14.2. The van der Waals surface area contributed by atoms with Crippen LogP contribution >= 0.6 is 0 Å². The van der Waals surface area contributed by atoms with Gasteiger partial charge in [-0.15, -0.1) is 0 Å². The maximum atomic E-state index is 13.7. The fourth-order valence-electron chi connectivity index (χ4n) is 3.86. The van der Waals surface area contributed by atoms with Crippen LogP contribution in [0.4, 0.5) is 4.39 Å². The summed E-state index contributed by atoms with van der Waals surface area (Å²) in [5, 5.41) is 7.33. The van der Waals surface area contributed by atoms with Gasteiger partial charge in [0.2, 0.25) is 0 Å². The lowest BCUT2D eigenvalue weighted by Gasteiger charge is -2.18. The first kappa shape index (κ1) is 20.9. The number of likely N-dealkylation sites (tertiary alicyclic amines) is 1. The molecule has 1 atom stereocenters. The van der Waals surface area contributed by atoms with Crippen molar-refractivity contribution in [1.82, 2.24) is 15.1 Å². The Bertz CT molecular complexity index is 1050. The van der Waals surface area contributed by atoms with Crippen molar-refractivity contribution in [3.05, 3.63) is 76.9 Å². The summed E-state index contributed by atoms with van der Waals surface area (Å²) >= 11 is 0. The minimum Gasteiger partial charge on any atom is -0.484 e. The van der Waals surface area contributed by atoms with E-state index < -0.39 is 5.82 Å². The summed E-state index contributed by atoms with van der Waals surface area (Å²) in [5.41, 5.74) is 3.70. The van der Waals surface area contributed by atoms with Crippen molar-refractivity contribution >= 4 is 5.91 Å². The van der Waals surface area contributed by atoms with Crippen LogP contribution in [0.15, 0.2) is 48.5 Å². The van der Waals surface area contributed by atoms with Crippen LogP contribution in [0, 0.1) is 19.7 Å². The van der Waals surface area contributed by atoms with Gasteiger partial charge in [-0.1, -0.05) is 30.3 Å². The molecule has 1 aromatic heterocycles. The Labute approximate surface area is 181 Å². The molecule has 0 saturated carbocycles. The zero-order chi connectivity index (χ0) is 21.8. The minimum atomic E-state index is -0.393. The first-order chi connectivity index (χ1) is 15.0. The summed E-state index contributed by atoms with van der Waals surface area (Å²) in [6.07, 6.45) is 0.841. The predicted molar refractivity (Wildman–Crippen MR) is 115 cm³/mol. The smallest absolute Gasteiger partial charge is 0.260 e. The van der Waals surface area contributed by atoms with Crippen molar-refractivity contribution in [2.24, 2.45) is 0 Å². The molecule has 2 heterocycles. The zero-order valence-corrected chi connectivity index (χ0v) is 17.7. The van der Waals surface area contributed by atoms with Crippen molar-refractivity contribution in [1.29, 1.82) is 0 Å². The standard InChI is InChI=1S/C24H26FN3O3/c1-16-6-5-7-17(2)24(16)31-15-23(29)28-11-10-18(13-28)21-12-19(26-27-21)14-30-22-9-4-3-8-20(22)25/h3-9,12,18H,10-11,13-15H2,1-2H3,(H,26,27)/t18-/m0/s1. The average molecular weight is 423 g/mol. The van der Waals surface area contributed by atoms with Crippen LogP contribution in [0.2, 0.25) is 0 Å². The molecule has 1 saturated heterocycles. The Morgan fingerprint density at radius 1 is 1.16 bits per heavy atom. The lowest BCUT2D eigenvalue weighted by molar-refractivity contribution is -0.132. The highest BCUT2D eigenvalue weighted by molar-refractivity contribution is 5.78. The summed E-state index contributed by atoms with van der Waals surface area (Å²) < 4.78 is 25.0. The zero-order valence-electron chi connectivity index (χ0n) is 17.7. The second-order valence-corrected chi connectivity index (χ2v) is 7.87. The number of benzene rings is 2. The van der Waals surface area contributed by atoms with E-state index in [1.807, 2.05) is 43.0 Å². The van der Waals surface area contributed by atoms with E-state index in [2.05, 4.69) is 10.2 Å². The molecule has 1 fully saturated rings. The van der Waals surface area contributed by atoms with Crippen molar-refractivity contribution in [2.45, 2.75) is 32.8 Å². The SMILES string of the molecule is Cc1cccc(C)c1OCC(=O)N1CC[C@H](c2cc(COc3ccccc3F)[nH]n2)C1. The van der Waals surface area contributed by atoms with Crippen molar-refractivity contribution in [3.63, 3.8) is 0 Å². The molecule has 2 aromatic carbocycles.